The number of nitriles is 1. The molecule has 9 heteroatoms. The van der Waals surface area contributed by atoms with E-state index in [0.29, 0.717) is 11.1 Å². The molecule has 0 aromatic heterocycles. The Bertz CT molecular complexity index is 1200. The highest BCUT2D eigenvalue weighted by molar-refractivity contribution is 5.93. The molecule has 152 valence electrons. The summed E-state index contributed by atoms with van der Waals surface area (Å²) < 4.78 is 5.17. The van der Waals surface area contributed by atoms with E-state index in [1.165, 1.54) is 12.1 Å². The van der Waals surface area contributed by atoms with Crippen LogP contribution in [-0.4, -0.2) is 15.8 Å². The molecular formula is C22H13N3O6. The summed E-state index contributed by atoms with van der Waals surface area (Å²) in [5, 5.41) is 31.3. The highest BCUT2D eigenvalue weighted by atomic mass is 16.6. The molecule has 9 nitrogen and oxygen atoms in total. The Kier molecular flexibility index (Phi) is 6.13. The zero-order valence-corrected chi connectivity index (χ0v) is 15.8. The van der Waals surface area contributed by atoms with Gasteiger partial charge in [0.15, 0.2) is 0 Å². The highest BCUT2D eigenvalue weighted by Crippen LogP contribution is 2.24. The van der Waals surface area contributed by atoms with Crippen molar-refractivity contribution in [2.75, 3.05) is 0 Å². The average molecular weight is 415 g/mol. The number of ether oxygens (including phenoxy) is 1. The largest absolute Gasteiger partial charge is 0.423 e. The van der Waals surface area contributed by atoms with Gasteiger partial charge in [0.05, 0.1) is 33.1 Å². The Hall–Kier alpha value is -4.84. The second-order valence-electron chi connectivity index (χ2n) is 6.25. The van der Waals surface area contributed by atoms with E-state index in [9.17, 15) is 30.3 Å². The van der Waals surface area contributed by atoms with E-state index in [4.69, 9.17) is 4.74 Å². The topological polar surface area (TPSA) is 136 Å². The minimum Gasteiger partial charge on any atom is -0.423 e. The molecule has 0 N–H and O–H groups in total. The average Bonchev–Trinajstić information content (AvgIpc) is 2.78. The van der Waals surface area contributed by atoms with Gasteiger partial charge in [0.2, 0.25) is 0 Å². The number of allylic oxidation sites excluding steroid dienone is 1. The number of nitro groups is 2. The summed E-state index contributed by atoms with van der Waals surface area (Å²) in [7, 11) is 0. The van der Waals surface area contributed by atoms with Crippen molar-refractivity contribution in [3.05, 3.63) is 110 Å². The first-order valence-electron chi connectivity index (χ1n) is 8.80. The minimum atomic E-state index is -0.975. The number of hydrogen-bond donors (Lipinski definition) is 0. The normalized spacial score (nSPS) is 10.7. The van der Waals surface area contributed by atoms with Crippen LogP contribution in [0.5, 0.6) is 5.75 Å². The summed E-state index contributed by atoms with van der Waals surface area (Å²) >= 11 is 0. The van der Waals surface area contributed by atoms with Gasteiger partial charge in [0, 0.05) is 12.1 Å². The molecule has 0 aliphatic heterocycles. The van der Waals surface area contributed by atoms with Gasteiger partial charge in [-0.15, -0.1) is 0 Å². The van der Waals surface area contributed by atoms with Crippen LogP contribution in [0, 0.1) is 31.6 Å². The second kappa shape index (κ2) is 9.11. The lowest BCUT2D eigenvalue weighted by Gasteiger charge is -2.05. The highest BCUT2D eigenvalue weighted by Gasteiger charge is 2.21. The maximum absolute atomic E-state index is 12.3. The minimum absolute atomic E-state index is 0.134. The molecule has 0 bridgehead atoms. The van der Waals surface area contributed by atoms with Gasteiger partial charge in [0.1, 0.15) is 5.75 Å². The van der Waals surface area contributed by atoms with Gasteiger partial charge in [-0.25, -0.2) is 4.79 Å². The van der Waals surface area contributed by atoms with Crippen LogP contribution in [0.15, 0.2) is 72.8 Å². The van der Waals surface area contributed by atoms with E-state index in [1.807, 2.05) is 30.3 Å². The Morgan fingerprint density at radius 2 is 1.45 bits per heavy atom. The fraction of sp³-hybridized carbons (Fsp3) is 0. The van der Waals surface area contributed by atoms with Crippen LogP contribution >= 0.6 is 0 Å². The smallest absolute Gasteiger partial charge is 0.344 e. The number of esters is 1. The van der Waals surface area contributed by atoms with E-state index in [0.717, 1.165) is 23.8 Å². The third kappa shape index (κ3) is 5.16. The van der Waals surface area contributed by atoms with Gasteiger partial charge in [-0.3, -0.25) is 20.2 Å². The molecule has 0 aliphatic rings. The molecule has 31 heavy (non-hydrogen) atoms. The summed E-state index contributed by atoms with van der Waals surface area (Å²) in [6, 6.07) is 20.0. The number of rotatable bonds is 6. The molecule has 0 atom stereocenters. The Labute approximate surface area is 175 Å². The van der Waals surface area contributed by atoms with Crippen molar-refractivity contribution in [3.63, 3.8) is 0 Å². The molecule has 3 rings (SSSR count). The van der Waals surface area contributed by atoms with Crippen molar-refractivity contribution in [2.24, 2.45) is 0 Å². The number of nitrogens with zero attached hydrogens (tertiary/aromatic N) is 3. The van der Waals surface area contributed by atoms with Crippen LogP contribution in [0.1, 0.15) is 21.5 Å². The first-order valence-corrected chi connectivity index (χ1v) is 8.80. The van der Waals surface area contributed by atoms with Crippen molar-refractivity contribution < 1.29 is 19.4 Å². The maximum atomic E-state index is 12.3. The lowest BCUT2D eigenvalue weighted by atomic mass is 10.0. The van der Waals surface area contributed by atoms with Crippen molar-refractivity contribution in [2.45, 2.75) is 0 Å². The molecule has 0 spiro atoms. The van der Waals surface area contributed by atoms with E-state index < -0.39 is 27.2 Å². The molecule has 0 amide bonds. The Morgan fingerprint density at radius 1 is 0.871 bits per heavy atom. The molecule has 0 radical (unpaired) electrons. The molecule has 0 unspecified atom stereocenters. The maximum Gasteiger partial charge on any atom is 0.344 e. The van der Waals surface area contributed by atoms with Crippen molar-refractivity contribution in [1.29, 1.82) is 5.26 Å². The molecule has 3 aromatic carbocycles. The molecule has 0 aliphatic carbocycles. The van der Waals surface area contributed by atoms with Gasteiger partial charge >= 0.3 is 5.97 Å². The fourth-order valence-electron chi connectivity index (χ4n) is 2.69. The lowest BCUT2D eigenvalue weighted by molar-refractivity contribution is -0.394. The van der Waals surface area contributed by atoms with Crippen LogP contribution < -0.4 is 4.74 Å². The summed E-state index contributed by atoms with van der Waals surface area (Å²) in [5.74, 6) is -0.841. The number of benzene rings is 3. The van der Waals surface area contributed by atoms with E-state index in [-0.39, 0.29) is 11.3 Å². The van der Waals surface area contributed by atoms with Crippen LogP contribution in [-0.2, 0) is 0 Å². The van der Waals surface area contributed by atoms with Crippen LogP contribution in [0.3, 0.4) is 0 Å². The SMILES string of the molecule is N#C/C(=C/c1ccc(OC(=O)c2cc([N+](=O)[O-])cc([N+](=O)[O-])c2)cc1)c1ccccc1. The third-order valence-corrected chi connectivity index (χ3v) is 4.17. The van der Waals surface area contributed by atoms with Crippen molar-refractivity contribution in [1.82, 2.24) is 0 Å². The molecular weight excluding hydrogens is 402 g/mol. The van der Waals surface area contributed by atoms with E-state index in [1.54, 1.807) is 18.2 Å². The molecule has 0 saturated heterocycles. The van der Waals surface area contributed by atoms with Gasteiger partial charge in [-0.1, -0.05) is 42.5 Å². The van der Waals surface area contributed by atoms with E-state index >= 15 is 0 Å². The number of non-ortho nitro benzene ring substituents is 2. The number of hydrogen-bond acceptors (Lipinski definition) is 7. The summed E-state index contributed by atoms with van der Waals surface area (Å²) in [4.78, 5) is 32.6. The van der Waals surface area contributed by atoms with Crippen molar-refractivity contribution in [3.8, 4) is 11.8 Å². The van der Waals surface area contributed by atoms with Gasteiger partial charge in [-0.2, -0.15) is 5.26 Å². The summed E-state index contributed by atoms with van der Waals surface area (Å²) in [5.41, 5.74) is 0.395. The third-order valence-electron chi connectivity index (χ3n) is 4.17. The zero-order valence-electron chi connectivity index (χ0n) is 15.8. The number of carbonyl (C=O) groups excluding carboxylic acids is 1. The Balaban J connectivity index is 1.81. The van der Waals surface area contributed by atoms with Gasteiger partial charge < -0.3 is 4.74 Å². The van der Waals surface area contributed by atoms with Gasteiger partial charge in [0.25, 0.3) is 11.4 Å². The number of carbonyl (C=O) groups is 1. The molecule has 0 saturated carbocycles. The fourth-order valence-corrected chi connectivity index (χ4v) is 2.69. The summed E-state index contributed by atoms with van der Waals surface area (Å²) in [6.07, 6.45) is 1.67. The first kappa shape index (κ1) is 20.9. The Morgan fingerprint density at radius 3 is 1.97 bits per heavy atom. The quantitative estimate of drug-likeness (QED) is 0.141. The predicted octanol–water partition coefficient (Wildman–Crippen LogP) is 4.79. The first-order chi connectivity index (χ1) is 14.9. The lowest BCUT2D eigenvalue weighted by Crippen LogP contribution is -2.09. The van der Waals surface area contributed by atoms with Crippen molar-refractivity contribution >= 4 is 29.0 Å². The molecule has 0 fully saturated rings. The summed E-state index contributed by atoms with van der Waals surface area (Å²) in [6.45, 7) is 0. The van der Waals surface area contributed by atoms with Gasteiger partial charge in [-0.05, 0) is 29.3 Å². The standard InChI is InChI=1S/C22H13N3O6/c23-14-18(16-4-2-1-3-5-16)10-15-6-8-21(9-7-15)31-22(26)17-11-19(24(27)28)13-20(12-17)25(29)30/h1-13H/b18-10-. The predicted molar refractivity (Wildman–Crippen MR) is 111 cm³/mol. The zero-order chi connectivity index (χ0) is 22.4. The van der Waals surface area contributed by atoms with Crippen LogP contribution in [0.2, 0.25) is 0 Å². The second-order valence-corrected chi connectivity index (χ2v) is 6.25. The monoisotopic (exact) mass is 415 g/mol. The van der Waals surface area contributed by atoms with E-state index in [2.05, 4.69) is 6.07 Å². The number of nitro benzene ring substituents is 2. The molecule has 0 heterocycles. The van der Waals surface area contributed by atoms with Crippen LogP contribution in [0.25, 0.3) is 11.6 Å². The van der Waals surface area contributed by atoms with Crippen LogP contribution in [0.4, 0.5) is 11.4 Å². The molecule has 3 aromatic rings.